The number of carboxylic acids is 1. The molecule has 0 spiro atoms. The van der Waals surface area contributed by atoms with Gasteiger partial charge in [0.1, 0.15) is 11.4 Å². The molecule has 1 unspecified atom stereocenters. The van der Waals surface area contributed by atoms with E-state index in [0.29, 0.717) is 23.6 Å². The molecule has 0 aromatic carbocycles. The van der Waals surface area contributed by atoms with Gasteiger partial charge in [0.05, 0.1) is 12.1 Å². The van der Waals surface area contributed by atoms with Gasteiger partial charge in [0.2, 0.25) is 0 Å². The van der Waals surface area contributed by atoms with Crippen molar-refractivity contribution in [2.24, 2.45) is 12.8 Å². The molecule has 0 fully saturated rings. The van der Waals surface area contributed by atoms with Crippen molar-refractivity contribution in [1.82, 2.24) is 9.78 Å². The third-order valence-electron chi connectivity index (χ3n) is 3.05. The van der Waals surface area contributed by atoms with Crippen molar-refractivity contribution in [1.29, 1.82) is 0 Å². The summed E-state index contributed by atoms with van der Waals surface area (Å²) in [4.78, 5) is 24.2. The highest BCUT2D eigenvalue weighted by Gasteiger charge is 2.26. The Labute approximate surface area is 112 Å². The number of primary amides is 1. The van der Waals surface area contributed by atoms with Gasteiger partial charge in [-0.25, -0.2) is 0 Å². The number of carboxylic acid groups (broad SMARTS) is 1. The first-order valence-corrected chi connectivity index (χ1v) is 6.11. The van der Waals surface area contributed by atoms with Crippen molar-refractivity contribution >= 4 is 17.7 Å². The lowest BCUT2D eigenvalue weighted by molar-refractivity contribution is -0.137. The second-order valence-electron chi connectivity index (χ2n) is 4.50. The predicted molar refractivity (Wildman–Crippen MR) is 71.2 cm³/mol. The average molecular weight is 268 g/mol. The number of hydrogen-bond acceptors (Lipinski definition) is 4. The van der Waals surface area contributed by atoms with Crippen LogP contribution in [0.15, 0.2) is 0 Å². The number of carbonyl (C=O) groups is 2. The molecule has 1 amide bonds. The van der Waals surface area contributed by atoms with Crippen molar-refractivity contribution in [3.8, 4) is 0 Å². The van der Waals surface area contributed by atoms with Crippen LogP contribution in [-0.4, -0.2) is 39.4 Å². The van der Waals surface area contributed by atoms with Crippen molar-refractivity contribution in [3.05, 3.63) is 11.3 Å². The number of aliphatic carboxylic acids is 1. The maximum absolute atomic E-state index is 11.5. The summed E-state index contributed by atoms with van der Waals surface area (Å²) in [5, 5.41) is 13.1. The third kappa shape index (κ3) is 3.04. The molecule has 0 radical (unpaired) electrons. The maximum Gasteiger partial charge on any atom is 0.305 e. The molecule has 0 aliphatic heterocycles. The summed E-state index contributed by atoms with van der Waals surface area (Å²) in [6.45, 7) is 5.96. The first-order valence-electron chi connectivity index (χ1n) is 6.11. The van der Waals surface area contributed by atoms with Gasteiger partial charge in [0.15, 0.2) is 0 Å². The molecule has 1 rings (SSSR count). The number of amides is 1. The van der Waals surface area contributed by atoms with Crippen molar-refractivity contribution in [3.63, 3.8) is 0 Å². The van der Waals surface area contributed by atoms with Crippen LogP contribution in [-0.2, 0) is 11.8 Å². The fraction of sp³-hybridized carbons (Fsp3) is 0.583. The van der Waals surface area contributed by atoms with Crippen molar-refractivity contribution < 1.29 is 14.7 Å². The number of nitrogens with zero attached hydrogens (tertiary/aromatic N) is 3. The monoisotopic (exact) mass is 268 g/mol. The van der Waals surface area contributed by atoms with Gasteiger partial charge >= 0.3 is 5.97 Å². The normalized spacial score (nSPS) is 12.2. The van der Waals surface area contributed by atoms with Gasteiger partial charge in [0, 0.05) is 19.6 Å². The smallest absolute Gasteiger partial charge is 0.305 e. The number of nitrogens with two attached hydrogens (primary N) is 1. The number of rotatable bonds is 6. The molecule has 1 heterocycles. The quantitative estimate of drug-likeness (QED) is 0.783. The van der Waals surface area contributed by atoms with Crippen molar-refractivity contribution in [2.75, 3.05) is 11.4 Å². The van der Waals surface area contributed by atoms with Crippen molar-refractivity contribution in [2.45, 2.75) is 33.2 Å². The molecule has 0 aliphatic carbocycles. The fourth-order valence-corrected chi connectivity index (χ4v) is 2.30. The summed E-state index contributed by atoms with van der Waals surface area (Å²) in [7, 11) is 1.71. The molecule has 19 heavy (non-hydrogen) atoms. The molecule has 7 heteroatoms. The van der Waals surface area contributed by atoms with E-state index in [1.807, 2.05) is 11.8 Å². The Balaban J connectivity index is 3.25. The Morgan fingerprint density at radius 2 is 2.11 bits per heavy atom. The largest absolute Gasteiger partial charge is 0.481 e. The average Bonchev–Trinajstić information content (AvgIpc) is 2.54. The zero-order valence-electron chi connectivity index (χ0n) is 11.7. The Hall–Kier alpha value is -2.05. The first-order chi connectivity index (χ1) is 8.79. The predicted octanol–water partition coefficient (Wildman–Crippen LogP) is 0.517. The Bertz CT molecular complexity index is 495. The van der Waals surface area contributed by atoms with E-state index >= 15 is 0 Å². The molecule has 0 bridgehead atoms. The second-order valence-corrected chi connectivity index (χ2v) is 4.50. The molecule has 0 saturated carbocycles. The van der Waals surface area contributed by atoms with Gasteiger partial charge in [0.25, 0.3) is 5.91 Å². The molecule has 106 valence electrons. The highest BCUT2D eigenvalue weighted by molar-refractivity contribution is 5.99. The summed E-state index contributed by atoms with van der Waals surface area (Å²) in [5.41, 5.74) is 6.28. The van der Waals surface area contributed by atoms with E-state index in [9.17, 15) is 9.59 Å². The zero-order chi connectivity index (χ0) is 14.7. The molecule has 1 atom stereocenters. The van der Waals surface area contributed by atoms with E-state index in [1.165, 1.54) is 0 Å². The number of aryl methyl sites for hydroxylation is 2. The van der Waals surface area contributed by atoms with E-state index in [1.54, 1.807) is 25.6 Å². The highest BCUT2D eigenvalue weighted by Crippen LogP contribution is 2.25. The molecule has 1 aromatic rings. The summed E-state index contributed by atoms with van der Waals surface area (Å²) < 4.78 is 1.57. The maximum atomic E-state index is 11.5. The van der Waals surface area contributed by atoms with E-state index in [2.05, 4.69) is 5.10 Å². The van der Waals surface area contributed by atoms with Gasteiger partial charge in [-0.3, -0.25) is 14.3 Å². The number of anilines is 1. The van der Waals surface area contributed by atoms with Gasteiger partial charge < -0.3 is 15.7 Å². The zero-order valence-corrected chi connectivity index (χ0v) is 11.7. The molecule has 1 aromatic heterocycles. The lowest BCUT2D eigenvalue weighted by atomic mass is 10.1. The fourth-order valence-electron chi connectivity index (χ4n) is 2.30. The lowest BCUT2D eigenvalue weighted by Crippen LogP contribution is -2.37. The van der Waals surface area contributed by atoms with Gasteiger partial charge in [-0.15, -0.1) is 0 Å². The standard InChI is InChI=1S/C12H20N4O3/c1-5-16(7(2)6-9(17)18)12-10(11(13)19)8(3)14-15(12)4/h7H,5-6H2,1-4H3,(H2,13,19)(H,17,18). The van der Waals surface area contributed by atoms with Crippen LogP contribution in [0.1, 0.15) is 36.3 Å². The molecular weight excluding hydrogens is 248 g/mol. The molecule has 3 N–H and O–H groups in total. The van der Waals surface area contributed by atoms with Gasteiger partial charge in [-0.05, 0) is 20.8 Å². The van der Waals surface area contributed by atoms with Crippen LogP contribution in [0.2, 0.25) is 0 Å². The van der Waals surface area contributed by atoms with Crippen LogP contribution in [0.5, 0.6) is 0 Å². The Kier molecular flexibility index (Phi) is 4.52. The molecular formula is C12H20N4O3. The second kappa shape index (κ2) is 5.73. The SMILES string of the molecule is CCN(c1c(C(N)=O)c(C)nn1C)C(C)CC(=O)O. The van der Waals surface area contributed by atoms with Crippen LogP contribution in [0.3, 0.4) is 0 Å². The molecule has 0 saturated heterocycles. The summed E-state index contributed by atoms with van der Waals surface area (Å²) in [5.74, 6) is -0.867. The van der Waals surface area contributed by atoms with Crippen LogP contribution >= 0.6 is 0 Å². The summed E-state index contributed by atoms with van der Waals surface area (Å²) in [6, 6.07) is -0.254. The Morgan fingerprint density at radius 3 is 2.53 bits per heavy atom. The van der Waals surface area contributed by atoms with E-state index < -0.39 is 11.9 Å². The van der Waals surface area contributed by atoms with E-state index in [0.717, 1.165) is 0 Å². The van der Waals surface area contributed by atoms with Gasteiger partial charge in [-0.1, -0.05) is 0 Å². The third-order valence-corrected chi connectivity index (χ3v) is 3.05. The highest BCUT2D eigenvalue weighted by atomic mass is 16.4. The minimum absolute atomic E-state index is 0.0176. The van der Waals surface area contributed by atoms with Crippen LogP contribution in [0.25, 0.3) is 0 Å². The van der Waals surface area contributed by atoms with E-state index in [4.69, 9.17) is 10.8 Å². The molecule has 0 aliphatic rings. The van der Waals surface area contributed by atoms with Gasteiger partial charge in [-0.2, -0.15) is 5.10 Å². The van der Waals surface area contributed by atoms with Crippen LogP contribution in [0.4, 0.5) is 5.82 Å². The van der Waals surface area contributed by atoms with Crippen LogP contribution in [0, 0.1) is 6.92 Å². The minimum Gasteiger partial charge on any atom is -0.481 e. The molecule has 7 nitrogen and oxygen atoms in total. The topological polar surface area (TPSA) is 101 Å². The van der Waals surface area contributed by atoms with Crippen LogP contribution < -0.4 is 10.6 Å². The lowest BCUT2D eigenvalue weighted by Gasteiger charge is -2.29. The summed E-state index contributed by atoms with van der Waals surface area (Å²) >= 11 is 0. The minimum atomic E-state index is -0.884. The number of aromatic nitrogens is 2. The first kappa shape index (κ1) is 15.0. The number of carbonyl (C=O) groups excluding carboxylic acids is 1. The Morgan fingerprint density at radius 1 is 1.53 bits per heavy atom. The van der Waals surface area contributed by atoms with E-state index in [-0.39, 0.29) is 12.5 Å². The summed E-state index contributed by atoms with van der Waals surface area (Å²) in [6.07, 6.45) is -0.0176. The number of hydrogen-bond donors (Lipinski definition) is 2.